The van der Waals surface area contributed by atoms with Gasteiger partial charge in [0.2, 0.25) is 0 Å². The lowest BCUT2D eigenvalue weighted by molar-refractivity contribution is -0.121. The smallest absolute Gasteiger partial charge is 0.266 e. The number of carbonyl (C=O) groups is 2. The van der Waals surface area contributed by atoms with E-state index in [-0.39, 0.29) is 30.9 Å². The van der Waals surface area contributed by atoms with Crippen molar-refractivity contribution in [3.8, 4) is 5.75 Å². The number of pyridine rings is 1. The number of carbonyl (C=O) groups excluding carboxylic acids is 2. The molecule has 1 unspecified atom stereocenters. The number of ether oxygens (including phenoxy) is 1. The van der Waals surface area contributed by atoms with Crippen molar-refractivity contribution in [1.29, 1.82) is 0 Å². The fourth-order valence-electron chi connectivity index (χ4n) is 1.91. The average molecular weight is 246 g/mol. The zero-order chi connectivity index (χ0) is 12.7. The fourth-order valence-corrected chi connectivity index (χ4v) is 1.91. The number of rotatable bonds is 1. The summed E-state index contributed by atoms with van der Waals surface area (Å²) in [6.07, 6.45) is 1.86. The van der Waals surface area contributed by atoms with Crippen LogP contribution in [0.2, 0.25) is 0 Å². The summed E-state index contributed by atoms with van der Waals surface area (Å²) < 4.78 is 5.32. The molecule has 0 radical (unpaired) electrons. The SMILES string of the molecule is CN1C(=O)COc2cc(C3CC(=O)N=N3)cnc21. The number of hydrogen-bond donors (Lipinski definition) is 0. The van der Waals surface area contributed by atoms with Crippen LogP contribution in [0.3, 0.4) is 0 Å². The molecule has 0 saturated heterocycles. The van der Waals surface area contributed by atoms with E-state index < -0.39 is 0 Å². The first-order valence-corrected chi connectivity index (χ1v) is 5.48. The second-order valence-corrected chi connectivity index (χ2v) is 4.16. The van der Waals surface area contributed by atoms with Gasteiger partial charge in [0, 0.05) is 18.8 Å². The third-order valence-corrected chi connectivity index (χ3v) is 2.96. The van der Waals surface area contributed by atoms with Gasteiger partial charge in [0.05, 0.1) is 6.42 Å². The maximum atomic E-state index is 11.4. The van der Waals surface area contributed by atoms with Gasteiger partial charge in [-0.25, -0.2) is 4.98 Å². The van der Waals surface area contributed by atoms with Crippen molar-refractivity contribution >= 4 is 17.6 Å². The minimum Gasteiger partial charge on any atom is -0.480 e. The minimum absolute atomic E-state index is 0.000250. The summed E-state index contributed by atoms with van der Waals surface area (Å²) in [5.74, 6) is 0.643. The second-order valence-electron chi connectivity index (χ2n) is 4.16. The number of likely N-dealkylation sites (N-methyl/N-ethyl adjacent to an activating group) is 1. The van der Waals surface area contributed by atoms with Crippen LogP contribution in [0, 0.1) is 0 Å². The molecule has 1 aromatic heterocycles. The molecule has 1 atom stereocenters. The summed E-state index contributed by atoms with van der Waals surface area (Å²) in [6.45, 7) is -0.000250. The van der Waals surface area contributed by atoms with Crippen LogP contribution in [-0.2, 0) is 9.59 Å². The molecule has 0 bridgehead atoms. The first kappa shape index (κ1) is 10.8. The van der Waals surface area contributed by atoms with Gasteiger partial charge in [-0.15, -0.1) is 5.11 Å². The van der Waals surface area contributed by atoms with Gasteiger partial charge in [0.25, 0.3) is 11.8 Å². The summed E-state index contributed by atoms with van der Waals surface area (Å²) in [6, 6.07) is 1.47. The Morgan fingerprint density at radius 2 is 2.28 bits per heavy atom. The van der Waals surface area contributed by atoms with Gasteiger partial charge in [0.15, 0.2) is 18.2 Å². The topological polar surface area (TPSA) is 84.2 Å². The van der Waals surface area contributed by atoms with E-state index in [9.17, 15) is 9.59 Å². The molecule has 2 aliphatic rings. The van der Waals surface area contributed by atoms with Crippen molar-refractivity contribution in [3.63, 3.8) is 0 Å². The average Bonchev–Trinajstić information content (AvgIpc) is 2.80. The molecule has 0 aromatic carbocycles. The van der Waals surface area contributed by atoms with E-state index in [4.69, 9.17) is 4.74 Å². The highest BCUT2D eigenvalue weighted by Crippen LogP contribution is 2.34. The lowest BCUT2D eigenvalue weighted by atomic mass is 10.1. The third-order valence-electron chi connectivity index (χ3n) is 2.96. The number of aromatic nitrogens is 1. The van der Waals surface area contributed by atoms with Crippen LogP contribution in [0.5, 0.6) is 5.75 Å². The molecule has 2 aliphatic heterocycles. The van der Waals surface area contributed by atoms with Gasteiger partial charge in [-0.05, 0) is 6.07 Å². The first-order valence-electron chi connectivity index (χ1n) is 5.48. The zero-order valence-corrected chi connectivity index (χ0v) is 9.66. The summed E-state index contributed by atoms with van der Waals surface area (Å²) in [4.78, 5) is 28.1. The van der Waals surface area contributed by atoms with Crippen molar-refractivity contribution < 1.29 is 14.3 Å². The van der Waals surface area contributed by atoms with Crippen LogP contribution >= 0.6 is 0 Å². The van der Waals surface area contributed by atoms with E-state index >= 15 is 0 Å². The van der Waals surface area contributed by atoms with Crippen molar-refractivity contribution in [3.05, 3.63) is 17.8 Å². The molecule has 0 spiro atoms. The normalized spacial score (nSPS) is 22.1. The lowest BCUT2D eigenvalue weighted by Gasteiger charge is -2.25. The minimum atomic E-state index is -0.290. The van der Waals surface area contributed by atoms with Crippen LogP contribution < -0.4 is 9.64 Å². The molecule has 0 fully saturated rings. The van der Waals surface area contributed by atoms with E-state index in [2.05, 4.69) is 15.2 Å². The molecule has 0 N–H and O–H groups in total. The monoisotopic (exact) mass is 246 g/mol. The second kappa shape index (κ2) is 3.86. The molecular formula is C11H10N4O3. The van der Waals surface area contributed by atoms with Crippen molar-refractivity contribution in [1.82, 2.24) is 4.98 Å². The zero-order valence-electron chi connectivity index (χ0n) is 9.66. The van der Waals surface area contributed by atoms with Crippen molar-refractivity contribution in [2.45, 2.75) is 12.5 Å². The standard InChI is InChI=1S/C11H10N4O3/c1-15-10(17)5-18-8-2-6(4-12-11(8)15)7-3-9(16)14-13-7/h2,4,7H,3,5H2,1H3. The maximum absolute atomic E-state index is 11.4. The van der Waals surface area contributed by atoms with Gasteiger partial charge < -0.3 is 4.74 Å². The molecule has 7 heteroatoms. The van der Waals surface area contributed by atoms with E-state index in [1.54, 1.807) is 19.3 Å². The Balaban J connectivity index is 1.95. The van der Waals surface area contributed by atoms with Gasteiger partial charge in [0.1, 0.15) is 6.04 Å². The van der Waals surface area contributed by atoms with Crippen LogP contribution in [0.15, 0.2) is 22.5 Å². The summed E-state index contributed by atoms with van der Waals surface area (Å²) in [5, 5.41) is 7.36. The Hall–Kier alpha value is -2.31. The summed E-state index contributed by atoms with van der Waals surface area (Å²) in [5.41, 5.74) is 0.770. The Kier molecular flexibility index (Phi) is 2.32. The largest absolute Gasteiger partial charge is 0.480 e. The molecule has 3 rings (SSSR count). The van der Waals surface area contributed by atoms with E-state index in [0.29, 0.717) is 11.6 Å². The number of nitrogens with zero attached hydrogens (tertiary/aromatic N) is 4. The van der Waals surface area contributed by atoms with Crippen LogP contribution in [0.4, 0.5) is 5.82 Å². The number of hydrogen-bond acceptors (Lipinski definition) is 5. The number of fused-ring (bicyclic) bond motifs is 1. The van der Waals surface area contributed by atoms with Gasteiger partial charge in [-0.2, -0.15) is 5.11 Å². The van der Waals surface area contributed by atoms with Crippen LogP contribution in [0.1, 0.15) is 18.0 Å². The highest BCUT2D eigenvalue weighted by molar-refractivity contribution is 5.96. The number of anilines is 1. The molecule has 0 saturated carbocycles. The number of amides is 2. The first-order chi connectivity index (χ1) is 8.65. The quantitative estimate of drug-likeness (QED) is 0.735. The van der Waals surface area contributed by atoms with E-state index in [1.807, 2.05) is 0 Å². The molecule has 92 valence electrons. The summed E-state index contributed by atoms with van der Waals surface area (Å²) in [7, 11) is 1.65. The summed E-state index contributed by atoms with van der Waals surface area (Å²) >= 11 is 0. The highest BCUT2D eigenvalue weighted by Gasteiger charge is 2.27. The van der Waals surface area contributed by atoms with Crippen molar-refractivity contribution in [2.24, 2.45) is 10.2 Å². The van der Waals surface area contributed by atoms with E-state index in [1.165, 1.54) is 4.90 Å². The highest BCUT2D eigenvalue weighted by atomic mass is 16.5. The molecule has 0 aliphatic carbocycles. The maximum Gasteiger partial charge on any atom is 0.266 e. The van der Waals surface area contributed by atoms with Crippen LogP contribution in [-0.4, -0.2) is 30.5 Å². The third kappa shape index (κ3) is 1.64. The molecular weight excluding hydrogens is 236 g/mol. The molecule has 3 heterocycles. The van der Waals surface area contributed by atoms with Gasteiger partial charge in [-0.1, -0.05) is 0 Å². The Morgan fingerprint density at radius 3 is 3.00 bits per heavy atom. The fraction of sp³-hybridized carbons (Fsp3) is 0.364. The lowest BCUT2D eigenvalue weighted by Crippen LogP contribution is -2.36. The van der Waals surface area contributed by atoms with Gasteiger partial charge in [-0.3, -0.25) is 14.5 Å². The molecule has 18 heavy (non-hydrogen) atoms. The van der Waals surface area contributed by atoms with E-state index in [0.717, 1.165) is 5.56 Å². The Labute approximate surface area is 102 Å². The number of azo groups is 1. The van der Waals surface area contributed by atoms with Gasteiger partial charge >= 0.3 is 0 Å². The molecule has 2 amide bonds. The Morgan fingerprint density at radius 1 is 1.44 bits per heavy atom. The Bertz CT molecular complexity index is 569. The predicted octanol–water partition coefficient (Wildman–Crippen LogP) is 0.860. The molecule has 7 nitrogen and oxygen atoms in total. The van der Waals surface area contributed by atoms with Crippen molar-refractivity contribution in [2.75, 3.05) is 18.6 Å². The molecule has 1 aromatic rings. The van der Waals surface area contributed by atoms with Crippen LogP contribution in [0.25, 0.3) is 0 Å². The predicted molar refractivity (Wildman–Crippen MR) is 60.4 cm³/mol.